The van der Waals surface area contributed by atoms with E-state index in [2.05, 4.69) is 0 Å². The van der Waals surface area contributed by atoms with Gasteiger partial charge in [0.2, 0.25) is 0 Å². The highest BCUT2D eigenvalue weighted by Gasteiger charge is 2.27. The van der Waals surface area contributed by atoms with Gasteiger partial charge in [0.1, 0.15) is 5.75 Å². The fraction of sp³-hybridized carbons (Fsp3) is 0.500. The molecule has 0 radical (unpaired) electrons. The van der Waals surface area contributed by atoms with Gasteiger partial charge in [-0.2, -0.15) is 0 Å². The van der Waals surface area contributed by atoms with Crippen LogP contribution in [0.1, 0.15) is 18.6 Å². The molecule has 1 heterocycles. The fourth-order valence-corrected chi connectivity index (χ4v) is 2.14. The van der Waals surface area contributed by atoms with Crippen LogP contribution >= 0.6 is 0 Å². The highest BCUT2D eigenvalue weighted by atomic mass is 16.5. The molecule has 1 aliphatic heterocycles. The average Bonchev–Trinajstić information content (AvgIpc) is 2.72. The van der Waals surface area contributed by atoms with Gasteiger partial charge in [-0.05, 0) is 24.6 Å². The van der Waals surface area contributed by atoms with Crippen LogP contribution in [0.3, 0.4) is 0 Å². The Bertz CT molecular complexity index is 433. The third-order valence-corrected chi connectivity index (χ3v) is 3.27. The first-order chi connectivity index (χ1) is 9.11. The van der Waals surface area contributed by atoms with E-state index in [1.807, 2.05) is 31.2 Å². The summed E-state index contributed by atoms with van der Waals surface area (Å²) in [5, 5.41) is 10.2. The first-order valence-corrected chi connectivity index (χ1v) is 6.52. The van der Waals surface area contributed by atoms with E-state index < -0.39 is 6.10 Å². The molecule has 0 saturated carbocycles. The van der Waals surface area contributed by atoms with Gasteiger partial charge >= 0.3 is 6.03 Å². The Morgan fingerprint density at radius 1 is 1.32 bits per heavy atom. The molecule has 1 atom stereocenters. The lowest BCUT2D eigenvalue weighted by Gasteiger charge is -2.20. The van der Waals surface area contributed by atoms with Crippen molar-refractivity contribution in [3.05, 3.63) is 29.8 Å². The molecule has 1 aliphatic rings. The van der Waals surface area contributed by atoms with Crippen LogP contribution in [0.2, 0.25) is 0 Å². The van der Waals surface area contributed by atoms with Crippen molar-refractivity contribution >= 4 is 6.03 Å². The molecule has 104 valence electrons. The van der Waals surface area contributed by atoms with Crippen LogP contribution in [-0.2, 0) is 0 Å². The van der Waals surface area contributed by atoms with Crippen molar-refractivity contribution in [1.82, 2.24) is 9.80 Å². The molecule has 0 aromatic heterocycles. The third-order valence-electron chi connectivity index (χ3n) is 3.27. The minimum atomic E-state index is -0.661. The quantitative estimate of drug-likeness (QED) is 0.876. The number of carbonyl (C=O) groups excluding carboxylic acids is 1. The van der Waals surface area contributed by atoms with Gasteiger partial charge < -0.3 is 19.6 Å². The predicted octanol–water partition coefficient (Wildman–Crippen LogP) is 1.49. The van der Waals surface area contributed by atoms with E-state index in [0.717, 1.165) is 17.9 Å². The Hall–Kier alpha value is -1.75. The number of rotatable bonds is 5. The third kappa shape index (κ3) is 3.17. The molecule has 0 bridgehead atoms. The summed E-state index contributed by atoms with van der Waals surface area (Å²) in [7, 11) is 1.77. The van der Waals surface area contributed by atoms with Gasteiger partial charge in [-0.3, -0.25) is 0 Å². The van der Waals surface area contributed by atoms with Crippen LogP contribution in [0, 0.1) is 0 Å². The zero-order valence-corrected chi connectivity index (χ0v) is 11.4. The lowest BCUT2D eigenvalue weighted by atomic mass is 10.1. The number of benzene rings is 1. The lowest BCUT2D eigenvalue weighted by Crippen LogP contribution is -2.32. The maximum atomic E-state index is 11.7. The molecule has 1 unspecified atom stereocenters. The largest absolute Gasteiger partial charge is 0.494 e. The van der Waals surface area contributed by atoms with Crippen molar-refractivity contribution in [2.45, 2.75) is 13.0 Å². The van der Waals surface area contributed by atoms with Crippen molar-refractivity contribution in [3.63, 3.8) is 0 Å². The van der Waals surface area contributed by atoms with Crippen molar-refractivity contribution in [2.75, 3.05) is 33.3 Å². The Balaban J connectivity index is 1.96. The van der Waals surface area contributed by atoms with Crippen LogP contribution in [0.5, 0.6) is 5.75 Å². The number of hydrogen-bond donors (Lipinski definition) is 1. The van der Waals surface area contributed by atoms with Gasteiger partial charge in [-0.15, -0.1) is 0 Å². The number of β-amino-alcohol motifs (C(OH)–C–C–N with tert-alkyl or cyclic N) is 1. The molecule has 1 fully saturated rings. The van der Waals surface area contributed by atoms with Crippen molar-refractivity contribution < 1.29 is 14.6 Å². The standard InChI is InChI=1S/C14H20N2O3/c1-3-19-12-6-4-11(5-7-12)13(17)10-16-9-8-15(2)14(16)18/h4-7,13,17H,3,8-10H2,1-2H3. The second-order valence-electron chi connectivity index (χ2n) is 4.67. The van der Waals surface area contributed by atoms with E-state index in [0.29, 0.717) is 19.7 Å². The van der Waals surface area contributed by atoms with Gasteiger partial charge in [0.25, 0.3) is 0 Å². The van der Waals surface area contributed by atoms with Crippen LogP contribution in [-0.4, -0.2) is 54.2 Å². The van der Waals surface area contributed by atoms with Crippen LogP contribution in [0.15, 0.2) is 24.3 Å². The Labute approximate surface area is 113 Å². The minimum Gasteiger partial charge on any atom is -0.494 e. The topological polar surface area (TPSA) is 53.0 Å². The van der Waals surface area contributed by atoms with Crippen molar-refractivity contribution in [2.24, 2.45) is 0 Å². The molecule has 5 nitrogen and oxygen atoms in total. The number of aliphatic hydroxyl groups is 1. The maximum absolute atomic E-state index is 11.7. The van der Waals surface area contributed by atoms with Gasteiger partial charge in [0.15, 0.2) is 0 Å². The zero-order valence-electron chi connectivity index (χ0n) is 11.4. The van der Waals surface area contributed by atoms with E-state index in [1.165, 1.54) is 0 Å². The van der Waals surface area contributed by atoms with E-state index in [-0.39, 0.29) is 6.03 Å². The Kier molecular flexibility index (Phi) is 4.27. The SMILES string of the molecule is CCOc1ccc(C(O)CN2CCN(C)C2=O)cc1. The summed E-state index contributed by atoms with van der Waals surface area (Å²) in [5.41, 5.74) is 0.797. The molecule has 0 spiro atoms. The van der Waals surface area contributed by atoms with E-state index in [4.69, 9.17) is 4.74 Å². The normalized spacial score (nSPS) is 16.9. The molecule has 0 aliphatic carbocycles. The van der Waals surface area contributed by atoms with Gasteiger partial charge in [-0.1, -0.05) is 12.1 Å². The molecule has 19 heavy (non-hydrogen) atoms. The molecule has 2 amide bonds. The molecule has 5 heteroatoms. The summed E-state index contributed by atoms with van der Waals surface area (Å²) >= 11 is 0. The second kappa shape index (κ2) is 5.93. The summed E-state index contributed by atoms with van der Waals surface area (Å²) in [6.45, 7) is 4.27. The smallest absolute Gasteiger partial charge is 0.319 e. The number of nitrogens with zero attached hydrogens (tertiary/aromatic N) is 2. The summed E-state index contributed by atoms with van der Waals surface area (Å²) in [4.78, 5) is 15.1. The Morgan fingerprint density at radius 3 is 2.53 bits per heavy atom. The van der Waals surface area contributed by atoms with Crippen LogP contribution in [0.25, 0.3) is 0 Å². The predicted molar refractivity (Wildman–Crippen MR) is 72.2 cm³/mol. The Morgan fingerprint density at radius 2 is 2.00 bits per heavy atom. The van der Waals surface area contributed by atoms with E-state index >= 15 is 0 Å². The van der Waals surface area contributed by atoms with Crippen molar-refractivity contribution in [1.29, 1.82) is 0 Å². The fourth-order valence-electron chi connectivity index (χ4n) is 2.14. The summed E-state index contributed by atoms with van der Waals surface area (Å²) in [6.07, 6.45) is -0.661. The highest BCUT2D eigenvalue weighted by molar-refractivity contribution is 5.76. The zero-order chi connectivity index (χ0) is 13.8. The van der Waals surface area contributed by atoms with Crippen molar-refractivity contribution in [3.8, 4) is 5.75 Å². The number of urea groups is 1. The number of carbonyl (C=O) groups is 1. The minimum absolute atomic E-state index is 0.0232. The van der Waals surface area contributed by atoms with E-state index in [1.54, 1.807) is 16.8 Å². The average molecular weight is 264 g/mol. The molecule has 1 aromatic carbocycles. The molecule has 1 saturated heterocycles. The summed E-state index contributed by atoms with van der Waals surface area (Å²) in [5.74, 6) is 0.787. The monoisotopic (exact) mass is 264 g/mol. The maximum Gasteiger partial charge on any atom is 0.319 e. The second-order valence-corrected chi connectivity index (χ2v) is 4.67. The lowest BCUT2D eigenvalue weighted by molar-refractivity contribution is 0.129. The summed E-state index contributed by atoms with van der Waals surface area (Å²) < 4.78 is 5.35. The van der Waals surface area contributed by atoms with Gasteiger partial charge in [0.05, 0.1) is 19.3 Å². The first-order valence-electron chi connectivity index (χ1n) is 6.52. The highest BCUT2D eigenvalue weighted by Crippen LogP contribution is 2.20. The first kappa shape index (κ1) is 13.7. The molecular weight excluding hydrogens is 244 g/mol. The number of ether oxygens (including phenoxy) is 1. The van der Waals surface area contributed by atoms with Gasteiger partial charge in [0, 0.05) is 20.1 Å². The number of likely N-dealkylation sites (N-methyl/N-ethyl adjacent to an activating group) is 1. The molecule has 1 N–H and O–H groups in total. The number of hydrogen-bond acceptors (Lipinski definition) is 3. The summed E-state index contributed by atoms with van der Waals surface area (Å²) in [6, 6.07) is 7.31. The molecule has 2 rings (SSSR count). The van der Waals surface area contributed by atoms with E-state index in [9.17, 15) is 9.90 Å². The number of aliphatic hydroxyl groups excluding tert-OH is 1. The van der Waals surface area contributed by atoms with Crippen LogP contribution in [0.4, 0.5) is 4.79 Å². The molecular formula is C14H20N2O3. The number of amides is 2. The van der Waals surface area contributed by atoms with Crippen LogP contribution < -0.4 is 4.74 Å². The molecule has 1 aromatic rings. The van der Waals surface area contributed by atoms with Gasteiger partial charge in [-0.25, -0.2) is 4.79 Å².